The molecule has 1 heterocycles. The van der Waals surface area contributed by atoms with Crippen molar-refractivity contribution in [3.8, 4) is 5.75 Å². The third-order valence-electron chi connectivity index (χ3n) is 5.22. The van der Waals surface area contributed by atoms with Crippen molar-refractivity contribution in [2.75, 3.05) is 39.9 Å². The summed E-state index contributed by atoms with van der Waals surface area (Å²) in [4.78, 5) is 4.46. The van der Waals surface area contributed by atoms with Gasteiger partial charge in [0.2, 0.25) is 0 Å². The molecule has 2 N–H and O–H groups in total. The van der Waals surface area contributed by atoms with E-state index in [4.69, 9.17) is 9.84 Å². The van der Waals surface area contributed by atoms with Gasteiger partial charge >= 0.3 is 0 Å². The molecule has 1 aliphatic heterocycles. The first kappa shape index (κ1) is 20.8. The number of ether oxygens (including phenoxy) is 1. The molecule has 0 bridgehead atoms. The van der Waals surface area contributed by atoms with Crippen molar-refractivity contribution in [3.05, 3.63) is 65.2 Å². The number of benzene rings is 2. The second-order valence-electron chi connectivity index (χ2n) is 7.64. The largest absolute Gasteiger partial charge is 0.491 e. The van der Waals surface area contributed by atoms with Crippen LogP contribution in [0.1, 0.15) is 23.1 Å². The van der Waals surface area contributed by atoms with E-state index in [1.165, 1.54) is 11.1 Å². The summed E-state index contributed by atoms with van der Waals surface area (Å²) in [5.74, 6) is 0.821. The van der Waals surface area contributed by atoms with Gasteiger partial charge in [-0.3, -0.25) is 4.90 Å². The molecule has 2 aromatic carbocycles. The molecule has 0 saturated heterocycles. The van der Waals surface area contributed by atoms with Crippen LogP contribution in [0.3, 0.4) is 0 Å². The summed E-state index contributed by atoms with van der Waals surface area (Å²) >= 11 is 0. The molecular formula is C23H32N2O3. The maximum Gasteiger partial charge on any atom is 0.123 e. The van der Waals surface area contributed by atoms with Crippen molar-refractivity contribution in [2.24, 2.45) is 0 Å². The Bertz CT molecular complexity index is 737. The quantitative estimate of drug-likeness (QED) is 0.658. The number of rotatable bonds is 10. The van der Waals surface area contributed by atoms with E-state index >= 15 is 0 Å². The molecule has 0 spiro atoms. The Labute approximate surface area is 168 Å². The van der Waals surface area contributed by atoms with Crippen LogP contribution >= 0.6 is 0 Å². The van der Waals surface area contributed by atoms with Crippen molar-refractivity contribution in [2.45, 2.75) is 32.0 Å². The predicted molar refractivity (Wildman–Crippen MR) is 111 cm³/mol. The van der Waals surface area contributed by atoms with Crippen LogP contribution in [0, 0.1) is 0 Å². The molecule has 28 heavy (non-hydrogen) atoms. The highest BCUT2D eigenvalue weighted by Crippen LogP contribution is 2.21. The molecule has 0 unspecified atom stereocenters. The van der Waals surface area contributed by atoms with Crippen LogP contribution in [0.25, 0.3) is 0 Å². The summed E-state index contributed by atoms with van der Waals surface area (Å²) in [6.45, 7) is 4.57. The maximum absolute atomic E-state index is 10.5. The zero-order valence-corrected chi connectivity index (χ0v) is 16.8. The Kier molecular flexibility index (Phi) is 7.86. The van der Waals surface area contributed by atoms with E-state index in [0.29, 0.717) is 6.54 Å². The Hall–Kier alpha value is -1.92. The summed E-state index contributed by atoms with van der Waals surface area (Å²) in [5, 5.41) is 19.5. The number of fused-ring (bicyclic) bond motifs is 1. The van der Waals surface area contributed by atoms with Crippen LogP contribution in [0.4, 0.5) is 0 Å². The summed E-state index contributed by atoms with van der Waals surface area (Å²) in [7, 11) is 2.04. The first-order valence-corrected chi connectivity index (χ1v) is 10.1. The Morgan fingerprint density at radius 2 is 1.86 bits per heavy atom. The summed E-state index contributed by atoms with van der Waals surface area (Å²) in [6.07, 6.45) is 1.27. The Morgan fingerprint density at radius 3 is 2.68 bits per heavy atom. The third-order valence-corrected chi connectivity index (χ3v) is 5.22. The van der Waals surface area contributed by atoms with Gasteiger partial charge in [0, 0.05) is 44.9 Å². The number of aliphatic hydroxyl groups is 2. The van der Waals surface area contributed by atoms with Gasteiger partial charge < -0.3 is 19.8 Å². The Balaban J connectivity index is 1.49. The molecular weight excluding hydrogens is 352 g/mol. The van der Waals surface area contributed by atoms with Crippen LogP contribution in [-0.2, 0) is 19.5 Å². The van der Waals surface area contributed by atoms with E-state index in [1.54, 1.807) is 0 Å². The molecule has 1 aliphatic rings. The minimum absolute atomic E-state index is 0.204. The fraction of sp³-hybridized carbons (Fsp3) is 0.478. The van der Waals surface area contributed by atoms with Gasteiger partial charge in [0.1, 0.15) is 18.5 Å². The number of nitrogens with zero attached hydrogens (tertiary/aromatic N) is 2. The molecule has 0 aromatic heterocycles. The Morgan fingerprint density at radius 1 is 1.11 bits per heavy atom. The number of β-amino-alcohol motifs (C(OH)–C–C–N with tert-alkyl or cyclic N) is 1. The van der Waals surface area contributed by atoms with E-state index in [9.17, 15) is 5.11 Å². The van der Waals surface area contributed by atoms with Gasteiger partial charge in [-0.05, 0) is 37.1 Å². The first-order chi connectivity index (χ1) is 13.7. The van der Waals surface area contributed by atoms with E-state index < -0.39 is 6.10 Å². The van der Waals surface area contributed by atoms with Crippen molar-refractivity contribution < 1.29 is 14.9 Å². The van der Waals surface area contributed by atoms with E-state index in [2.05, 4.69) is 40.1 Å². The van der Waals surface area contributed by atoms with Gasteiger partial charge in [-0.1, -0.05) is 42.5 Å². The second kappa shape index (κ2) is 10.6. The molecule has 0 amide bonds. The maximum atomic E-state index is 10.5. The lowest BCUT2D eigenvalue weighted by Gasteiger charge is -2.30. The molecule has 0 fully saturated rings. The van der Waals surface area contributed by atoms with Crippen LogP contribution in [0.5, 0.6) is 5.75 Å². The van der Waals surface area contributed by atoms with Crippen LogP contribution in [0.2, 0.25) is 0 Å². The number of para-hydroxylation sites is 1. The lowest BCUT2D eigenvalue weighted by Crippen LogP contribution is -2.38. The average molecular weight is 385 g/mol. The van der Waals surface area contributed by atoms with Crippen LogP contribution < -0.4 is 4.74 Å². The zero-order valence-electron chi connectivity index (χ0n) is 16.8. The molecule has 0 saturated carbocycles. The van der Waals surface area contributed by atoms with Gasteiger partial charge in [0.25, 0.3) is 0 Å². The molecule has 5 nitrogen and oxygen atoms in total. The minimum Gasteiger partial charge on any atom is -0.491 e. The third kappa shape index (κ3) is 6.04. The highest BCUT2D eigenvalue weighted by Gasteiger charge is 2.19. The molecule has 0 radical (unpaired) electrons. The smallest absolute Gasteiger partial charge is 0.123 e. The molecule has 5 heteroatoms. The van der Waals surface area contributed by atoms with Gasteiger partial charge in [0.15, 0.2) is 0 Å². The molecule has 3 rings (SSSR count). The SMILES string of the molecule is CN(CCCO)Cc1ccccc1OC[C@@H](O)CN1CCc2ccccc2C1. The lowest BCUT2D eigenvalue weighted by atomic mass is 10.00. The molecule has 1 atom stereocenters. The number of hydrogen-bond donors (Lipinski definition) is 2. The van der Waals surface area contributed by atoms with Gasteiger partial charge in [0.05, 0.1) is 0 Å². The van der Waals surface area contributed by atoms with Crippen molar-refractivity contribution in [1.29, 1.82) is 0 Å². The monoisotopic (exact) mass is 384 g/mol. The number of hydrogen-bond acceptors (Lipinski definition) is 5. The highest BCUT2D eigenvalue weighted by molar-refractivity contribution is 5.33. The van der Waals surface area contributed by atoms with E-state index in [1.807, 2.05) is 25.2 Å². The summed E-state index contributed by atoms with van der Waals surface area (Å²) < 4.78 is 5.96. The average Bonchev–Trinajstić information content (AvgIpc) is 2.71. The van der Waals surface area contributed by atoms with Crippen LogP contribution in [0.15, 0.2) is 48.5 Å². The van der Waals surface area contributed by atoms with Crippen molar-refractivity contribution in [3.63, 3.8) is 0 Å². The molecule has 152 valence electrons. The number of aliphatic hydroxyl groups excluding tert-OH is 2. The second-order valence-corrected chi connectivity index (χ2v) is 7.64. The fourth-order valence-corrected chi connectivity index (χ4v) is 3.73. The zero-order chi connectivity index (χ0) is 19.8. The topological polar surface area (TPSA) is 56.2 Å². The molecule has 2 aromatic rings. The van der Waals surface area contributed by atoms with E-state index in [-0.39, 0.29) is 13.2 Å². The van der Waals surface area contributed by atoms with Gasteiger partial charge in [-0.15, -0.1) is 0 Å². The molecule has 0 aliphatic carbocycles. The van der Waals surface area contributed by atoms with Gasteiger partial charge in [-0.2, -0.15) is 0 Å². The van der Waals surface area contributed by atoms with Gasteiger partial charge in [-0.25, -0.2) is 0 Å². The lowest BCUT2D eigenvalue weighted by molar-refractivity contribution is 0.0632. The summed E-state index contributed by atoms with van der Waals surface area (Å²) in [6, 6.07) is 16.5. The predicted octanol–water partition coefficient (Wildman–Crippen LogP) is 2.30. The minimum atomic E-state index is -0.523. The highest BCUT2D eigenvalue weighted by atomic mass is 16.5. The standard InChI is InChI=1S/C23H32N2O3/c1-24(12-6-14-26)15-21-9-4-5-10-23(21)28-18-22(27)17-25-13-11-19-7-2-3-8-20(19)16-25/h2-5,7-10,22,26-27H,6,11-18H2,1H3/t22-/m0/s1. The fourth-order valence-electron chi connectivity index (χ4n) is 3.73. The van der Waals surface area contributed by atoms with Crippen molar-refractivity contribution >= 4 is 0 Å². The first-order valence-electron chi connectivity index (χ1n) is 10.1. The van der Waals surface area contributed by atoms with E-state index in [0.717, 1.165) is 50.3 Å². The van der Waals surface area contributed by atoms with Crippen LogP contribution in [-0.4, -0.2) is 66.0 Å². The normalized spacial score (nSPS) is 15.4. The van der Waals surface area contributed by atoms with Crippen molar-refractivity contribution in [1.82, 2.24) is 9.80 Å². The summed E-state index contributed by atoms with van der Waals surface area (Å²) in [5.41, 5.74) is 3.88.